The molecule has 0 saturated carbocycles. The highest BCUT2D eigenvalue weighted by molar-refractivity contribution is 5.76. The zero-order valence-electron chi connectivity index (χ0n) is 10.1. The number of hydrogen-bond acceptors (Lipinski definition) is 3. The van der Waals surface area contributed by atoms with E-state index in [1.54, 1.807) is 0 Å². The first-order valence-electron chi connectivity index (χ1n) is 6.24. The van der Waals surface area contributed by atoms with Crippen LogP contribution < -0.4 is 0 Å². The highest BCUT2D eigenvalue weighted by Gasteiger charge is 2.25. The fourth-order valence-electron chi connectivity index (χ4n) is 2.19. The molecule has 0 spiro atoms. The van der Waals surface area contributed by atoms with E-state index in [4.69, 9.17) is 10.2 Å². The van der Waals surface area contributed by atoms with Crippen molar-refractivity contribution in [3.05, 3.63) is 0 Å². The molecule has 5 nitrogen and oxygen atoms in total. The summed E-state index contributed by atoms with van der Waals surface area (Å²) in [6, 6.07) is 0. The van der Waals surface area contributed by atoms with Gasteiger partial charge in [0.25, 0.3) is 0 Å². The van der Waals surface area contributed by atoms with Crippen molar-refractivity contribution < 1.29 is 19.8 Å². The Morgan fingerprint density at radius 2 is 1.94 bits per heavy atom. The molecule has 1 unspecified atom stereocenters. The molecule has 1 saturated heterocycles. The van der Waals surface area contributed by atoms with Crippen LogP contribution in [0.2, 0.25) is 0 Å². The Balaban J connectivity index is 2.14. The predicted molar refractivity (Wildman–Crippen MR) is 62.5 cm³/mol. The molecule has 0 radical (unpaired) electrons. The monoisotopic (exact) mass is 243 g/mol. The molecule has 0 aromatic heterocycles. The summed E-state index contributed by atoms with van der Waals surface area (Å²) < 4.78 is 0. The fourth-order valence-corrected chi connectivity index (χ4v) is 2.19. The number of rotatable bonds is 7. The van der Waals surface area contributed by atoms with Crippen LogP contribution in [0.1, 0.15) is 38.5 Å². The maximum absolute atomic E-state index is 11.8. The topological polar surface area (TPSA) is 77.8 Å². The molecule has 1 heterocycles. The van der Waals surface area contributed by atoms with E-state index in [0.717, 1.165) is 25.9 Å². The van der Waals surface area contributed by atoms with Gasteiger partial charge in [0.05, 0.1) is 0 Å². The molecule has 1 atom stereocenters. The average Bonchev–Trinajstić information content (AvgIpc) is 2.73. The van der Waals surface area contributed by atoms with Crippen LogP contribution >= 0.6 is 0 Å². The Morgan fingerprint density at radius 3 is 2.59 bits per heavy atom. The second-order valence-electron chi connectivity index (χ2n) is 4.61. The standard InChI is InChI=1S/C12H21NO4/c14-8-6-10-5-7-13(9-10)11(15)3-1-2-4-12(16)17/h10,14H,1-9H2,(H,16,17). The van der Waals surface area contributed by atoms with Gasteiger partial charge in [0, 0.05) is 32.5 Å². The number of carboxylic acids is 1. The van der Waals surface area contributed by atoms with Crippen LogP contribution in [0.15, 0.2) is 0 Å². The molecule has 1 fully saturated rings. The van der Waals surface area contributed by atoms with Crippen molar-refractivity contribution in [2.75, 3.05) is 19.7 Å². The summed E-state index contributed by atoms with van der Waals surface area (Å²) in [6.45, 7) is 1.71. The van der Waals surface area contributed by atoms with Gasteiger partial charge in [-0.1, -0.05) is 0 Å². The molecule has 0 aliphatic carbocycles. The Labute approximate surface area is 101 Å². The third-order valence-corrected chi connectivity index (χ3v) is 3.21. The molecule has 1 rings (SSSR count). The van der Waals surface area contributed by atoms with Crippen LogP contribution in [0.5, 0.6) is 0 Å². The van der Waals surface area contributed by atoms with Gasteiger partial charge in [0.1, 0.15) is 0 Å². The van der Waals surface area contributed by atoms with Gasteiger partial charge in [-0.2, -0.15) is 0 Å². The zero-order chi connectivity index (χ0) is 12.7. The Kier molecular flexibility index (Phi) is 5.97. The fraction of sp³-hybridized carbons (Fsp3) is 0.833. The van der Waals surface area contributed by atoms with E-state index in [0.29, 0.717) is 25.2 Å². The van der Waals surface area contributed by atoms with Crippen LogP contribution in [-0.4, -0.2) is 46.7 Å². The van der Waals surface area contributed by atoms with E-state index in [-0.39, 0.29) is 18.9 Å². The molecule has 0 bridgehead atoms. The number of carbonyl (C=O) groups excluding carboxylic acids is 1. The van der Waals surface area contributed by atoms with Crippen molar-refractivity contribution >= 4 is 11.9 Å². The van der Waals surface area contributed by atoms with Crippen LogP contribution in [0, 0.1) is 5.92 Å². The summed E-state index contributed by atoms with van der Waals surface area (Å²) in [7, 11) is 0. The number of amides is 1. The number of carboxylic acid groups (broad SMARTS) is 1. The van der Waals surface area contributed by atoms with E-state index in [1.807, 2.05) is 4.90 Å². The highest BCUT2D eigenvalue weighted by Crippen LogP contribution is 2.20. The van der Waals surface area contributed by atoms with Gasteiger partial charge in [0.15, 0.2) is 0 Å². The van der Waals surface area contributed by atoms with Gasteiger partial charge in [-0.3, -0.25) is 9.59 Å². The Bertz CT molecular complexity index is 267. The maximum atomic E-state index is 11.8. The highest BCUT2D eigenvalue weighted by atomic mass is 16.4. The molecule has 1 aliphatic heterocycles. The molecule has 0 aromatic carbocycles. The minimum atomic E-state index is -0.804. The number of nitrogens with zero attached hydrogens (tertiary/aromatic N) is 1. The maximum Gasteiger partial charge on any atom is 0.303 e. The van der Waals surface area contributed by atoms with Gasteiger partial charge in [-0.25, -0.2) is 0 Å². The lowest BCUT2D eigenvalue weighted by atomic mass is 10.1. The summed E-state index contributed by atoms with van der Waals surface area (Å²) in [6.07, 6.45) is 3.53. The van der Waals surface area contributed by atoms with Crippen LogP contribution in [0.25, 0.3) is 0 Å². The van der Waals surface area contributed by atoms with Crippen molar-refractivity contribution in [1.29, 1.82) is 0 Å². The third kappa shape index (κ3) is 5.17. The summed E-state index contributed by atoms with van der Waals surface area (Å²) >= 11 is 0. The second-order valence-corrected chi connectivity index (χ2v) is 4.61. The number of hydrogen-bond donors (Lipinski definition) is 2. The molecule has 5 heteroatoms. The minimum Gasteiger partial charge on any atom is -0.481 e. The molecule has 0 aromatic rings. The summed E-state index contributed by atoms with van der Waals surface area (Å²) in [5.74, 6) is -0.250. The Hall–Kier alpha value is -1.10. The molecule has 17 heavy (non-hydrogen) atoms. The minimum absolute atomic E-state index is 0.121. The van der Waals surface area contributed by atoms with Gasteiger partial charge in [0.2, 0.25) is 5.91 Å². The first kappa shape index (κ1) is 14.0. The van der Waals surface area contributed by atoms with E-state index in [1.165, 1.54) is 0 Å². The lowest BCUT2D eigenvalue weighted by molar-refractivity contribution is -0.137. The molecule has 98 valence electrons. The van der Waals surface area contributed by atoms with Gasteiger partial charge < -0.3 is 15.1 Å². The quantitative estimate of drug-likeness (QED) is 0.650. The van der Waals surface area contributed by atoms with Crippen molar-refractivity contribution in [1.82, 2.24) is 4.90 Å². The zero-order valence-corrected chi connectivity index (χ0v) is 10.1. The molecular weight excluding hydrogens is 222 g/mol. The van der Waals surface area contributed by atoms with Crippen molar-refractivity contribution in [2.45, 2.75) is 38.5 Å². The predicted octanol–water partition coefficient (Wildman–Crippen LogP) is 0.862. The van der Waals surface area contributed by atoms with Crippen molar-refractivity contribution in [3.8, 4) is 0 Å². The molecule has 2 N–H and O–H groups in total. The van der Waals surface area contributed by atoms with Crippen LogP contribution in [0.3, 0.4) is 0 Å². The molecule has 1 aliphatic rings. The number of aliphatic hydroxyl groups excluding tert-OH is 1. The molecular formula is C12H21NO4. The number of unbranched alkanes of at least 4 members (excludes halogenated alkanes) is 1. The number of aliphatic carboxylic acids is 1. The average molecular weight is 243 g/mol. The summed E-state index contributed by atoms with van der Waals surface area (Å²) in [5.41, 5.74) is 0. The van der Waals surface area contributed by atoms with E-state index in [9.17, 15) is 9.59 Å². The van der Waals surface area contributed by atoms with Gasteiger partial charge in [-0.15, -0.1) is 0 Å². The third-order valence-electron chi connectivity index (χ3n) is 3.21. The lowest BCUT2D eigenvalue weighted by Crippen LogP contribution is -2.28. The smallest absolute Gasteiger partial charge is 0.303 e. The Morgan fingerprint density at radius 1 is 1.24 bits per heavy atom. The number of likely N-dealkylation sites (tertiary alicyclic amines) is 1. The normalized spacial score (nSPS) is 19.6. The van der Waals surface area contributed by atoms with Crippen molar-refractivity contribution in [2.24, 2.45) is 5.92 Å². The molecule has 1 amide bonds. The number of carbonyl (C=O) groups is 2. The first-order chi connectivity index (χ1) is 8.13. The van der Waals surface area contributed by atoms with E-state index < -0.39 is 5.97 Å². The van der Waals surface area contributed by atoms with Crippen molar-refractivity contribution in [3.63, 3.8) is 0 Å². The summed E-state index contributed by atoms with van der Waals surface area (Å²) in [5, 5.41) is 17.3. The van der Waals surface area contributed by atoms with Gasteiger partial charge >= 0.3 is 5.97 Å². The largest absolute Gasteiger partial charge is 0.481 e. The lowest BCUT2D eigenvalue weighted by Gasteiger charge is -2.16. The SMILES string of the molecule is O=C(O)CCCCC(=O)N1CCC(CCO)C1. The first-order valence-corrected chi connectivity index (χ1v) is 6.24. The van der Waals surface area contributed by atoms with Crippen LogP contribution in [-0.2, 0) is 9.59 Å². The second kappa shape index (κ2) is 7.27. The summed E-state index contributed by atoms with van der Waals surface area (Å²) in [4.78, 5) is 23.9. The van der Waals surface area contributed by atoms with Crippen LogP contribution in [0.4, 0.5) is 0 Å². The van der Waals surface area contributed by atoms with Gasteiger partial charge in [-0.05, 0) is 31.6 Å². The van der Waals surface area contributed by atoms with E-state index in [2.05, 4.69) is 0 Å². The van der Waals surface area contributed by atoms with E-state index >= 15 is 0 Å². The number of aliphatic hydroxyl groups is 1.